The average Bonchev–Trinajstić information content (AvgIpc) is 2.75. The standard InChI is InChI=1S/C11H17N3O3S/c1-11(2,10(12)18)6-13-9(15)8-4-7(5-16-3)17-14-8/h4H,5-6H2,1-3H3,(H2,12,18)(H,13,15). The van der Waals surface area contributed by atoms with E-state index in [4.69, 9.17) is 27.2 Å². The number of hydrogen-bond donors (Lipinski definition) is 2. The number of nitrogens with zero attached hydrogens (tertiary/aromatic N) is 1. The molecular weight excluding hydrogens is 254 g/mol. The van der Waals surface area contributed by atoms with Crippen molar-refractivity contribution in [1.29, 1.82) is 0 Å². The summed E-state index contributed by atoms with van der Waals surface area (Å²) in [5.41, 5.74) is 5.34. The maximum atomic E-state index is 11.8. The first kappa shape index (κ1) is 14.6. The van der Waals surface area contributed by atoms with Gasteiger partial charge in [-0.15, -0.1) is 0 Å². The number of amides is 1. The van der Waals surface area contributed by atoms with Gasteiger partial charge in [0, 0.05) is 25.1 Å². The molecule has 0 atom stereocenters. The van der Waals surface area contributed by atoms with Gasteiger partial charge in [-0.25, -0.2) is 0 Å². The van der Waals surface area contributed by atoms with Gasteiger partial charge >= 0.3 is 0 Å². The maximum Gasteiger partial charge on any atom is 0.273 e. The third-order valence-corrected chi connectivity index (χ3v) is 2.99. The van der Waals surface area contributed by atoms with Crippen LogP contribution in [0.15, 0.2) is 10.6 Å². The molecule has 0 unspecified atom stereocenters. The molecule has 0 saturated heterocycles. The SMILES string of the molecule is COCc1cc(C(=O)NCC(C)(C)C(N)=S)no1. The van der Waals surface area contributed by atoms with Crippen molar-refractivity contribution in [2.24, 2.45) is 11.1 Å². The van der Waals surface area contributed by atoms with Crippen molar-refractivity contribution in [3.63, 3.8) is 0 Å². The van der Waals surface area contributed by atoms with Gasteiger partial charge in [-0.2, -0.15) is 0 Å². The predicted octanol–water partition coefficient (Wildman–Crippen LogP) is 0.863. The molecular formula is C11H17N3O3S. The lowest BCUT2D eigenvalue weighted by molar-refractivity contribution is 0.0935. The van der Waals surface area contributed by atoms with Gasteiger partial charge in [0.25, 0.3) is 5.91 Å². The molecule has 1 amide bonds. The van der Waals surface area contributed by atoms with Crippen LogP contribution in [-0.4, -0.2) is 29.7 Å². The molecule has 0 aliphatic carbocycles. The largest absolute Gasteiger partial charge is 0.393 e. The van der Waals surface area contributed by atoms with Crippen LogP contribution in [0.5, 0.6) is 0 Å². The molecule has 7 heteroatoms. The van der Waals surface area contributed by atoms with Crippen LogP contribution in [0.25, 0.3) is 0 Å². The summed E-state index contributed by atoms with van der Waals surface area (Å²) < 4.78 is 9.79. The van der Waals surface area contributed by atoms with Crippen LogP contribution in [0.2, 0.25) is 0 Å². The molecule has 3 N–H and O–H groups in total. The van der Waals surface area contributed by atoms with Crippen LogP contribution in [0.4, 0.5) is 0 Å². The minimum absolute atomic E-state index is 0.209. The monoisotopic (exact) mass is 271 g/mol. The Kier molecular flexibility index (Phi) is 4.80. The summed E-state index contributed by atoms with van der Waals surface area (Å²) in [7, 11) is 1.53. The van der Waals surface area contributed by atoms with Crippen molar-refractivity contribution in [3.05, 3.63) is 17.5 Å². The van der Waals surface area contributed by atoms with Crippen LogP contribution in [0, 0.1) is 5.41 Å². The van der Waals surface area contributed by atoms with E-state index in [1.54, 1.807) is 0 Å². The van der Waals surface area contributed by atoms with Crippen molar-refractivity contribution < 1.29 is 14.1 Å². The summed E-state index contributed by atoms with van der Waals surface area (Å²) in [6.07, 6.45) is 0. The zero-order valence-electron chi connectivity index (χ0n) is 10.6. The molecule has 1 rings (SSSR count). The van der Waals surface area contributed by atoms with E-state index in [1.807, 2.05) is 13.8 Å². The minimum atomic E-state index is -0.440. The van der Waals surface area contributed by atoms with Gasteiger partial charge in [0.2, 0.25) is 0 Å². The van der Waals surface area contributed by atoms with Crippen LogP contribution in [-0.2, 0) is 11.3 Å². The van der Waals surface area contributed by atoms with Crippen molar-refractivity contribution in [1.82, 2.24) is 10.5 Å². The molecule has 100 valence electrons. The van der Waals surface area contributed by atoms with E-state index in [1.165, 1.54) is 13.2 Å². The minimum Gasteiger partial charge on any atom is -0.393 e. The summed E-state index contributed by atoms with van der Waals surface area (Å²) in [6, 6.07) is 1.53. The first-order valence-electron chi connectivity index (χ1n) is 5.39. The van der Waals surface area contributed by atoms with E-state index < -0.39 is 5.41 Å². The van der Waals surface area contributed by atoms with Crippen LogP contribution >= 0.6 is 12.2 Å². The lowest BCUT2D eigenvalue weighted by Gasteiger charge is -2.22. The van der Waals surface area contributed by atoms with Gasteiger partial charge in [0.15, 0.2) is 11.5 Å². The van der Waals surface area contributed by atoms with Gasteiger partial charge in [0.05, 0.1) is 4.99 Å². The lowest BCUT2D eigenvalue weighted by atomic mass is 9.93. The normalized spacial score (nSPS) is 11.3. The lowest BCUT2D eigenvalue weighted by Crippen LogP contribution is -2.41. The summed E-state index contributed by atoms with van der Waals surface area (Å²) in [5, 5.41) is 6.36. The van der Waals surface area contributed by atoms with Gasteiger partial charge in [-0.3, -0.25) is 4.79 Å². The highest BCUT2D eigenvalue weighted by Crippen LogP contribution is 2.14. The van der Waals surface area contributed by atoms with Crippen LogP contribution in [0.3, 0.4) is 0 Å². The third kappa shape index (κ3) is 3.78. The van der Waals surface area contributed by atoms with Gasteiger partial charge in [0.1, 0.15) is 6.61 Å². The first-order chi connectivity index (χ1) is 8.36. The number of thiocarbonyl (C=S) groups is 1. The third-order valence-electron chi connectivity index (χ3n) is 2.44. The quantitative estimate of drug-likeness (QED) is 0.746. The molecule has 0 bridgehead atoms. The summed E-state index contributed by atoms with van der Waals surface area (Å²) in [6.45, 7) is 4.33. The fourth-order valence-corrected chi connectivity index (χ4v) is 1.18. The Morgan fingerprint density at radius 2 is 2.33 bits per heavy atom. The molecule has 0 radical (unpaired) electrons. The molecule has 0 saturated carbocycles. The van der Waals surface area contributed by atoms with Crippen LogP contribution < -0.4 is 11.1 Å². The number of aromatic nitrogens is 1. The first-order valence-corrected chi connectivity index (χ1v) is 5.80. The van der Waals surface area contributed by atoms with E-state index in [-0.39, 0.29) is 18.2 Å². The number of nitrogens with two attached hydrogens (primary N) is 1. The van der Waals surface area contributed by atoms with Crippen LogP contribution in [0.1, 0.15) is 30.1 Å². The van der Waals surface area contributed by atoms with Gasteiger partial charge in [-0.05, 0) is 0 Å². The molecule has 0 fully saturated rings. The van der Waals surface area contributed by atoms with E-state index in [0.29, 0.717) is 17.3 Å². The number of nitrogens with one attached hydrogen (secondary N) is 1. The molecule has 0 aromatic carbocycles. The zero-order valence-corrected chi connectivity index (χ0v) is 11.5. The van der Waals surface area contributed by atoms with E-state index in [0.717, 1.165) is 0 Å². The summed E-state index contributed by atoms with van der Waals surface area (Å²) >= 11 is 4.91. The Balaban J connectivity index is 2.57. The Labute approximate surface area is 111 Å². The topological polar surface area (TPSA) is 90.4 Å². The second kappa shape index (κ2) is 5.92. The predicted molar refractivity (Wildman–Crippen MR) is 70.1 cm³/mol. The number of methoxy groups -OCH3 is 1. The molecule has 0 aliphatic heterocycles. The van der Waals surface area contributed by atoms with Gasteiger partial charge < -0.3 is 20.3 Å². The second-order valence-electron chi connectivity index (χ2n) is 4.54. The number of carbonyl (C=O) groups excluding carboxylic acids is 1. The molecule has 1 aromatic rings. The Morgan fingerprint density at radius 3 is 2.89 bits per heavy atom. The van der Waals surface area contributed by atoms with E-state index in [9.17, 15) is 4.79 Å². The molecule has 0 spiro atoms. The smallest absolute Gasteiger partial charge is 0.273 e. The van der Waals surface area contributed by atoms with Crippen molar-refractivity contribution in [2.45, 2.75) is 20.5 Å². The number of hydrogen-bond acceptors (Lipinski definition) is 5. The summed E-state index contributed by atoms with van der Waals surface area (Å²) in [5.74, 6) is 0.168. The molecule has 18 heavy (non-hydrogen) atoms. The summed E-state index contributed by atoms with van der Waals surface area (Å²) in [4.78, 5) is 12.1. The van der Waals surface area contributed by atoms with Crippen molar-refractivity contribution in [2.75, 3.05) is 13.7 Å². The molecule has 1 heterocycles. The molecule has 0 aliphatic rings. The second-order valence-corrected chi connectivity index (χ2v) is 4.98. The Morgan fingerprint density at radius 1 is 1.67 bits per heavy atom. The molecule has 1 aromatic heterocycles. The average molecular weight is 271 g/mol. The van der Waals surface area contributed by atoms with Gasteiger partial charge in [-0.1, -0.05) is 31.2 Å². The maximum absolute atomic E-state index is 11.8. The highest BCUT2D eigenvalue weighted by molar-refractivity contribution is 7.80. The zero-order chi connectivity index (χ0) is 13.8. The number of carbonyl (C=O) groups is 1. The highest BCUT2D eigenvalue weighted by Gasteiger charge is 2.23. The van der Waals surface area contributed by atoms with E-state index in [2.05, 4.69) is 10.5 Å². The number of rotatable bonds is 6. The fraction of sp³-hybridized carbons (Fsp3) is 0.545. The number of ether oxygens (including phenoxy) is 1. The Bertz CT molecular complexity index is 442. The highest BCUT2D eigenvalue weighted by atomic mass is 32.1. The fourth-order valence-electron chi connectivity index (χ4n) is 1.11. The van der Waals surface area contributed by atoms with Crippen molar-refractivity contribution in [3.8, 4) is 0 Å². The Hall–Kier alpha value is -1.47. The van der Waals surface area contributed by atoms with E-state index >= 15 is 0 Å². The van der Waals surface area contributed by atoms with Crippen molar-refractivity contribution >= 4 is 23.1 Å². The molecule has 6 nitrogen and oxygen atoms in total.